The molecule has 0 spiro atoms. The third-order valence-corrected chi connectivity index (χ3v) is 5.58. The summed E-state index contributed by atoms with van der Waals surface area (Å²) in [6, 6.07) is 6.56. The van der Waals surface area contributed by atoms with Crippen LogP contribution in [0.5, 0.6) is 0 Å². The number of aromatic nitrogens is 4. The molecule has 2 aliphatic heterocycles. The number of hydrogen-bond donors (Lipinski definition) is 1. The molecule has 2 N–H and O–H groups in total. The van der Waals surface area contributed by atoms with E-state index in [1.807, 2.05) is 11.5 Å². The normalized spacial score (nSPS) is 24.1. The molecule has 4 unspecified atom stereocenters. The summed E-state index contributed by atoms with van der Waals surface area (Å²) < 4.78 is 29.9. The molecule has 4 atom stereocenters. The maximum atomic E-state index is 11.6. The Morgan fingerprint density at radius 1 is 1.21 bits per heavy atom. The summed E-state index contributed by atoms with van der Waals surface area (Å²) in [5.74, 6) is -0.147. The van der Waals surface area contributed by atoms with Gasteiger partial charge >= 0.3 is 11.9 Å². The van der Waals surface area contributed by atoms with E-state index in [0.717, 1.165) is 5.65 Å². The molecule has 11 nitrogen and oxygen atoms in total. The predicted molar refractivity (Wildman–Crippen MR) is 121 cm³/mol. The van der Waals surface area contributed by atoms with Crippen LogP contribution < -0.4 is 10.3 Å². The van der Waals surface area contributed by atoms with Crippen molar-refractivity contribution in [3.63, 3.8) is 0 Å². The van der Waals surface area contributed by atoms with Gasteiger partial charge in [-0.25, -0.2) is 18.9 Å². The summed E-state index contributed by atoms with van der Waals surface area (Å²) in [6.45, 7) is 4.31. The molecule has 0 saturated carbocycles. The molecule has 0 amide bonds. The van der Waals surface area contributed by atoms with Crippen LogP contribution in [-0.4, -0.2) is 52.6 Å². The average Bonchev–Trinajstić information content (AvgIpc) is 3.52. The van der Waals surface area contributed by atoms with Gasteiger partial charge in [-0.2, -0.15) is 0 Å². The average molecular weight is 513 g/mol. The van der Waals surface area contributed by atoms with Gasteiger partial charge in [0.1, 0.15) is 19.5 Å². The lowest BCUT2D eigenvalue weighted by atomic mass is 10.2. The molecule has 2 fully saturated rings. The van der Waals surface area contributed by atoms with Gasteiger partial charge < -0.3 is 29.4 Å². The van der Waals surface area contributed by atoms with Crippen molar-refractivity contribution < 1.29 is 33.0 Å². The Bertz CT molecular complexity index is 1190. The first-order chi connectivity index (χ1) is 16.2. The molecule has 4 heterocycles. The standard InChI is InChI=1S/C11H11ClO4.C10H12ClN5O2/c1-7-14-6-10(15-7)16-11(13)8-3-2-4-9(12)5-8;1-5-17-3-6(18-5)16-4-13-7-8(11)14-10(12)15(2)9(7)16/h2-5,7,10H,6H2,1H3;4-6,12H,3H2,1-2H3/p+1. The van der Waals surface area contributed by atoms with Crippen molar-refractivity contribution in [1.29, 1.82) is 0 Å². The van der Waals surface area contributed by atoms with Gasteiger partial charge in [-0.05, 0) is 43.6 Å². The quantitative estimate of drug-likeness (QED) is 0.320. The van der Waals surface area contributed by atoms with Crippen LogP contribution >= 0.6 is 23.2 Å². The van der Waals surface area contributed by atoms with E-state index in [4.69, 9.17) is 52.6 Å². The lowest BCUT2D eigenvalue weighted by molar-refractivity contribution is -0.635. The van der Waals surface area contributed by atoms with Gasteiger partial charge in [0.05, 0.1) is 12.6 Å². The van der Waals surface area contributed by atoms with Crippen LogP contribution in [0.15, 0.2) is 30.6 Å². The van der Waals surface area contributed by atoms with Gasteiger partial charge in [0.15, 0.2) is 24.3 Å². The second kappa shape index (κ2) is 10.4. The van der Waals surface area contributed by atoms with Crippen molar-refractivity contribution in [1.82, 2.24) is 14.5 Å². The largest absolute Gasteiger partial charge is 0.429 e. The van der Waals surface area contributed by atoms with E-state index < -0.39 is 12.3 Å². The van der Waals surface area contributed by atoms with Crippen LogP contribution in [0, 0.1) is 0 Å². The van der Waals surface area contributed by atoms with Crippen molar-refractivity contribution in [2.75, 3.05) is 18.9 Å². The summed E-state index contributed by atoms with van der Waals surface area (Å²) in [6.07, 6.45) is 0.226. The van der Waals surface area contributed by atoms with Crippen molar-refractivity contribution in [3.05, 3.63) is 46.3 Å². The fourth-order valence-electron chi connectivity index (χ4n) is 3.41. The number of carbonyl (C=O) groups is 1. The smallest absolute Gasteiger partial charge is 0.346 e. The molecular weight excluding hydrogens is 489 g/mol. The minimum absolute atomic E-state index is 0.228. The number of fused-ring (bicyclic) bond motifs is 1. The molecule has 2 aliphatic rings. The molecule has 1 aromatic carbocycles. The van der Waals surface area contributed by atoms with E-state index >= 15 is 0 Å². The van der Waals surface area contributed by atoms with E-state index in [9.17, 15) is 4.79 Å². The van der Waals surface area contributed by atoms with Crippen LogP contribution in [0.2, 0.25) is 10.2 Å². The molecule has 34 heavy (non-hydrogen) atoms. The van der Waals surface area contributed by atoms with Gasteiger partial charge in [0.25, 0.3) is 0 Å². The minimum atomic E-state index is -0.638. The first-order valence-corrected chi connectivity index (χ1v) is 11.2. The second-order valence-corrected chi connectivity index (χ2v) is 8.31. The zero-order valence-electron chi connectivity index (χ0n) is 18.7. The van der Waals surface area contributed by atoms with Gasteiger partial charge in [-0.3, -0.25) is 0 Å². The fourth-order valence-corrected chi connectivity index (χ4v) is 3.82. The summed E-state index contributed by atoms with van der Waals surface area (Å²) in [7, 11) is 1.80. The third-order valence-electron chi connectivity index (χ3n) is 5.08. The molecule has 13 heteroatoms. The lowest BCUT2D eigenvalue weighted by Gasteiger charge is -2.10. The van der Waals surface area contributed by atoms with Crippen LogP contribution in [0.25, 0.3) is 11.2 Å². The Morgan fingerprint density at radius 3 is 2.59 bits per heavy atom. The number of nitrogen functional groups attached to an aromatic ring is 1. The first kappa shape index (κ1) is 24.6. The highest BCUT2D eigenvalue weighted by atomic mass is 35.5. The number of esters is 1. The molecule has 2 saturated heterocycles. The number of hydrogen-bond acceptors (Lipinski definition) is 9. The number of imidazole rings is 1. The zero-order chi connectivity index (χ0) is 24.4. The zero-order valence-corrected chi connectivity index (χ0v) is 20.2. The number of carbonyl (C=O) groups excluding carboxylic acids is 1. The number of nitrogens with two attached hydrogens (primary N) is 1. The number of aryl methyl sites for hydroxylation is 1. The van der Waals surface area contributed by atoms with Gasteiger partial charge in [0, 0.05) is 5.02 Å². The number of rotatable bonds is 3. The van der Waals surface area contributed by atoms with E-state index in [1.54, 1.807) is 49.1 Å². The summed E-state index contributed by atoms with van der Waals surface area (Å²) in [4.78, 5) is 19.9. The Hall–Kier alpha value is -2.54. The Morgan fingerprint density at radius 2 is 1.94 bits per heavy atom. The molecule has 0 bridgehead atoms. The summed E-state index contributed by atoms with van der Waals surface area (Å²) in [5, 5.41) is 0.776. The van der Waals surface area contributed by atoms with Crippen molar-refractivity contribution in [2.45, 2.75) is 38.9 Å². The third kappa shape index (κ3) is 5.40. The van der Waals surface area contributed by atoms with E-state index in [-0.39, 0.29) is 30.6 Å². The maximum absolute atomic E-state index is 11.6. The molecule has 5 rings (SSSR count). The first-order valence-electron chi connectivity index (χ1n) is 10.4. The lowest BCUT2D eigenvalue weighted by Crippen LogP contribution is -2.37. The minimum Gasteiger partial charge on any atom is -0.429 e. The molecule has 182 valence electrons. The second-order valence-electron chi connectivity index (χ2n) is 7.52. The van der Waals surface area contributed by atoms with Crippen molar-refractivity contribution >= 4 is 46.3 Å². The maximum Gasteiger partial charge on any atom is 0.346 e. The highest BCUT2D eigenvalue weighted by Crippen LogP contribution is 2.26. The van der Waals surface area contributed by atoms with E-state index in [1.165, 1.54) is 0 Å². The van der Waals surface area contributed by atoms with Crippen molar-refractivity contribution in [2.24, 2.45) is 7.05 Å². The Kier molecular flexibility index (Phi) is 7.51. The molecule has 2 aromatic heterocycles. The highest BCUT2D eigenvalue weighted by molar-refractivity contribution is 6.33. The van der Waals surface area contributed by atoms with Crippen LogP contribution in [0.3, 0.4) is 0 Å². The molecule has 3 aromatic rings. The summed E-state index contributed by atoms with van der Waals surface area (Å²) >= 11 is 11.8. The van der Waals surface area contributed by atoms with E-state index in [0.29, 0.717) is 28.7 Å². The van der Waals surface area contributed by atoms with Gasteiger partial charge in [-0.1, -0.05) is 22.7 Å². The predicted octanol–water partition coefficient (Wildman–Crippen LogP) is 2.60. The number of anilines is 1. The van der Waals surface area contributed by atoms with Crippen molar-refractivity contribution in [3.8, 4) is 0 Å². The monoisotopic (exact) mass is 512 g/mol. The van der Waals surface area contributed by atoms with Crippen LogP contribution in [0.1, 0.15) is 30.4 Å². The van der Waals surface area contributed by atoms with Gasteiger partial charge in [-0.15, -0.1) is 0 Å². The van der Waals surface area contributed by atoms with Crippen LogP contribution in [0.4, 0.5) is 5.95 Å². The molecular formula is C21H24Cl2N5O6+. The number of ether oxygens (including phenoxy) is 5. The van der Waals surface area contributed by atoms with E-state index in [2.05, 4.69) is 9.97 Å². The Balaban J connectivity index is 0.000000162. The topological polar surface area (TPSA) is 124 Å². The number of nitrogens with zero attached hydrogens (tertiary/aromatic N) is 4. The number of benzene rings is 1. The van der Waals surface area contributed by atoms with Crippen LogP contribution in [-0.2, 0) is 30.7 Å². The SMILES string of the molecule is CC1OCC(OC(=O)c2cccc(Cl)c2)O1.CC1OCC(n2cnc3c(Cl)nc(N)[n+](C)c32)O1. The molecule has 0 radical (unpaired) electrons. The molecule has 0 aliphatic carbocycles. The number of halogens is 2. The fraction of sp³-hybridized carbons (Fsp3) is 0.429. The Labute approximate surface area is 205 Å². The van der Waals surface area contributed by atoms with Gasteiger partial charge in [0.2, 0.25) is 17.1 Å². The highest BCUT2D eigenvalue weighted by Gasteiger charge is 2.30. The summed E-state index contributed by atoms with van der Waals surface area (Å²) in [5.41, 5.74) is 7.55.